The highest BCUT2D eigenvalue weighted by molar-refractivity contribution is 4.95. The molecule has 0 bridgehead atoms. The Kier molecular flexibility index (Phi) is 4.74. The molecule has 0 radical (unpaired) electrons. The van der Waals surface area contributed by atoms with Crippen LogP contribution in [0.1, 0.15) is 32.1 Å². The topological polar surface area (TPSA) is 39.7 Å². The van der Waals surface area contributed by atoms with Crippen LogP contribution in [0.25, 0.3) is 0 Å². The third-order valence-corrected chi connectivity index (χ3v) is 4.97. The first-order chi connectivity index (χ1) is 9.39. The van der Waals surface area contributed by atoms with E-state index in [1.807, 2.05) is 0 Å². The minimum Gasteiger partial charge on any atom is -0.381 e. The molecule has 0 aromatic heterocycles. The summed E-state index contributed by atoms with van der Waals surface area (Å²) in [6.07, 6.45) is 6.30. The number of ether oxygens (including phenoxy) is 3. The summed E-state index contributed by atoms with van der Waals surface area (Å²) in [6, 6.07) is 0. The molecule has 0 aromatic carbocycles. The maximum absolute atomic E-state index is 6.10. The van der Waals surface area contributed by atoms with Crippen molar-refractivity contribution >= 4 is 0 Å². The van der Waals surface area contributed by atoms with E-state index < -0.39 is 0 Å². The molecule has 0 amide bonds. The van der Waals surface area contributed by atoms with Gasteiger partial charge in [0.1, 0.15) is 0 Å². The van der Waals surface area contributed by atoms with E-state index in [-0.39, 0.29) is 5.41 Å². The number of nitrogens with one attached hydrogen (secondary N) is 1. The lowest BCUT2D eigenvalue weighted by Gasteiger charge is -2.47. The number of piperidine rings is 1. The van der Waals surface area contributed by atoms with Gasteiger partial charge in [-0.05, 0) is 44.6 Å². The Morgan fingerprint density at radius 1 is 1.16 bits per heavy atom. The molecule has 3 fully saturated rings. The summed E-state index contributed by atoms with van der Waals surface area (Å²) >= 11 is 0. The molecule has 0 aromatic rings. The molecule has 0 aliphatic carbocycles. The molecule has 3 aliphatic rings. The zero-order chi connectivity index (χ0) is 13.0. The van der Waals surface area contributed by atoms with Crippen LogP contribution in [0.2, 0.25) is 0 Å². The van der Waals surface area contributed by atoms with Crippen LogP contribution in [0.4, 0.5) is 0 Å². The molecule has 4 nitrogen and oxygen atoms in total. The first kappa shape index (κ1) is 13.8. The third kappa shape index (κ3) is 3.30. The molecule has 4 heteroatoms. The maximum Gasteiger partial charge on any atom is 0.0677 e. The molecule has 1 N–H and O–H groups in total. The van der Waals surface area contributed by atoms with Crippen molar-refractivity contribution in [2.24, 2.45) is 11.3 Å². The van der Waals surface area contributed by atoms with Crippen molar-refractivity contribution in [3.8, 4) is 0 Å². The Morgan fingerprint density at radius 3 is 2.95 bits per heavy atom. The summed E-state index contributed by atoms with van der Waals surface area (Å²) in [5.41, 5.74) is 0.238. The molecule has 0 unspecified atom stereocenters. The number of fused-ring (bicyclic) bond motifs is 1. The summed E-state index contributed by atoms with van der Waals surface area (Å²) in [5, 5.41) is 3.53. The van der Waals surface area contributed by atoms with Gasteiger partial charge in [-0.25, -0.2) is 0 Å². The van der Waals surface area contributed by atoms with Gasteiger partial charge in [-0.2, -0.15) is 0 Å². The molecule has 0 spiro atoms. The molecule has 3 heterocycles. The van der Waals surface area contributed by atoms with Gasteiger partial charge in [0.05, 0.1) is 12.7 Å². The van der Waals surface area contributed by atoms with Crippen molar-refractivity contribution < 1.29 is 14.2 Å². The van der Waals surface area contributed by atoms with Gasteiger partial charge < -0.3 is 19.5 Å². The maximum atomic E-state index is 6.10. The lowest BCUT2D eigenvalue weighted by Crippen LogP contribution is -2.55. The monoisotopic (exact) mass is 269 g/mol. The summed E-state index contributed by atoms with van der Waals surface area (Å²) in [4.78, 5) is 0. The molecule has 3 aliphatic heterocycles. The number of hydrogen-bond donors (Lipinski definition) is 1. The second kappa shape index (κ2) is 6.53. The molecular weight excluding hydrogens is 242 g/mol. The Morgan fingerprint density at radius 2 is 2.05 bits per heavy atom. The van der Waals surface area contributed by atoms with Gasteiger partial charge in [0, 0.05) is 38.4 Å². The highest BCUT2D eigenvalue weighted by Gasteiger charge is 2.43. The molecule has 110 valence electrons. The molecule has 2 atom stereocenters. The Hall–Kier alpha value is -0.160. The van der Waals surface area contributed by atoms with Gasteiger partial charge in [-0.3, -0.25) is 0 Å². The van der Waals surface area contributed by atoms with Crippen LogP contribution in [-0.4, -0.2) is 52.2 Å². The van der Waals surface area contributed by atoms with Gasteiger partial charge in [0.15, 0.2) is 0 Å². The van der Waals surface area contributed by atoms with E-state index in [0.717, 1.165) is 65.4 Å². The van der Waals surface area contributed by atoms with Crippen molar-refractivity contribution in [2.75, 3.05) is 46.1 Å². The summed E-state index contributed by atoms with van der Waals surface area (Å²) < 4.78 is 17.5. The second-order valence-electron chi connectivity index (χ2n) is 6.36. The van der Waals surface area contributed by atoms with Crippen LogP contribution < -0.4 is 5.32 Å². The Labute approximate surface area is 116 Å². The van der Waals surface area contributed by atoms with Crippen LogP contribution in [0.3, 0.4) is 0 Å². The normalized spacial score (nSPS) is 36.9. The third-order valence-electron chi connectivity index (χ3n) is 4.97. The molecule has 3 saturated heterocycles. The minimum absolute atomic E-state index is 0.238. The van der Waals surface area contributed by atoms with E-state index in [1.54, 1.807) is 0 Å². The smallest absolute Gasteiger partial charge is 0.0677 e. The van der Waals surface area contributed by atoms with Gasteiger partial charge in [0.25, 0.3) is 0 Å². The van der Waals surface area contributed by atoms with Gasteiger partial charge in [0.2, 0.25) is 0 Å². The Balaban J connectivity index is 1.48. The van der Waals surface area contributed by atoms with E-state index in [1.165, 1.54) is 12.8 Å². The average molecular weight is 269 g/mol. The van der Waals surface area contributed by atoms with Crippen molar-refractivity contribution in [1.29, 1.82) is 0 Å². The van der Waals surface area contributed by atoms with Crippen LogP contribution in [0.5, 0.6) is 0 Å². The summed E-state index contributed by atoms with van der Waals surface area (Å²) in [6.45, 7) is 6.67. The lowest BCUT2D eigenvalue weighted by atomic mass is 9.73. The van der Waals surface area contributed by atoms with E-state index in [9.17, 15) is 0 Å². The Bertz CT molecular complexity index is 267. The lowest BCUT2D eigenvalue weighted by molar-refractivity contribution is -0.134. The van der Waals surface area contributed by atoms with Crippen molar-refractivity contribution in [1.82, 2.24) is 5.32 Å². The van der Waals surface area contributed by atoms with Crippen LogP contribution in [-0.2, 0) is 14.2 Å². The molecule has 0 saturated carbocycles. The fourth-order valence-electron chi connectivity index (χ4n) is 3.71. The SMILES string of the molecule is C1CO[C@@H]2CCNC[C@]2(COCC2CCOCC2)C1. The van der Waals surface area contributed by atoms with Crippen molar-refractivity contribution in [3.63, 3.8) is 0 Å². The van der Waals surface area contributed by atoms with E-state index >= 15 is 0 Å². The molecule has 19 heavy (non-hydrogen) atoms. The fraction of sp³-hybridized carbons (Fsp3) is 1.00. The highest BCUT2D eigenvalue weighted by atomic mass is 16.5. The number of hydrogen-bond acceptors (Lipinski definition) is 4. The van der Waals surface area contributed by atoms with Crippen LogP contribution >= 0.6 is 0 Å². The fourth-order valence-corrected chi connectivity index (χ4v) is 3.71. The molecule has 3 rings (SSSR count). The van der Waals surface area contributed by atoms with Crippen LogP contribution in [0.15, 0.2) is 0 Å². The van der Waals surface area contributed by atoms with Crippen molar-refractivity contribution in [3.05, 3.63) is 0 Å². The predicted molar refractivity (Wildman–Crippen MR) is 73.3 cm³/mol. The number of rotatable bonds is 4. The first-order valence-electron chi connectivity index (χ1n) is 7.87. The van der Waals surface area contributed by atoms with Gasteiger partial charge >= 0.3 is 0 Å². The summed E-state index contributed by atoms with van der Waals surface area (Å²) in [7, 11) is 0. The van der Waals surface area contributed by atoms with Crippen LogP contribution in [0, 0.1) is 11.3 Å². The zero-order valence-corrected chi connectivity index (χ0v) is 11.9. The highest BCUT2D eigenvalue weighted by Crippen LogP contribution is 2.38. The van der Waals surface area contributed by atoms with Gasteiger partial charge in [-0.15, -0.1) is 0 Å². The standard InChI is InChI=1S/C15H27NO3/c1-5-15(11-16-6-2-14(15)19-7-1)12-18-10-13-3-8-17-9-4-13/h13-14,16H,1-12H2/t14-,15+/m1/s1. The summed E-state index contributed by atoms with van der Waals surface area (Å²) in [5.74, 6) is 0.699. The average Bonchev–Trinajstić information content (AvgIpc) is 2.48. The first-order valence-corrected chi connectivity index (χ1v) is 7.87. The second-order valence-corrected chi connectivity index (χ2v) is 6.36. The van der Waals surface area contributed by atoms with E-state index in [4.69, 9.17) is 14.2 Å². The van der Waals surface area contributed by atoms with E-state index in [2.05, 4.69) is 5.32 Å². The largest absolute Gasteiger partial charge is 0.381 e. The van der Waals surface area contributed by atoms with E-state index in [0.29, 0.717) is 12.0 Å². The zero-order valence-electron chi connectivity index (χ0n) is 11.9. The molecular formula is C15H27NO3. The predicted octanol–water partition coefficient (Wildman–Crippen LogP) is 1.59. The van der Waals surface area contributed by atoms with Gasteiger partial charge in [-0.1, -0.05) is 0 Å². The minimum atomic E-state index is 0.238. The van der Waals surface area contributed by atoms with Crippen molar-refractivity contribution in [2.45, 2.75) is 38.2 Å². The quantitative estimate of drug-likeness (QED) is 0.841.